The highest BCUT2D eigenvalue weighted by molar-refractivity contribution is 5.93. The molecule has 2 aromatic carbocycles. The normalized spacial score (nSPS) is 19.9. The molecule has 0 aliphatic heterocycles. The molecular formula is C27H30N2O3. The first-order chi connectivity index (χ1) is 15.5. The number of pyridine rings is 1. The Bertz CT molecular complexity index is 1090. The molecule has 1 heterocycles. The Morgan fingerprint density at radius 1 is 1.03 bits per heavy atom. The molecule has 0 bridgehead atoms. The SMILES string of the molecule is CC(C(=O)Nc1ccc(C[C@@H]2CC[C@H]([C@H](O)c3ccccc3)C2)cc1)n1ccccc1=O. The molecule has 1 saturated carbocycles. The average molecular weight is 431 g/mol. The summed E-state index contributed by atoms with van der Waals surface area (Å²) in [6.07, 6.45) is 5.40. The maximum atomic E-state index is 12.6. The van der Waals surface area contributed by atoms with Crippen molar-refractivity contribution in [3.8, 4) is 0 Å². The Kier molecular flexibility index (Phi) is 6.86. The number of nitrogens with zero attached hydrogens (tertiary/aromatic N) is 1. The number of anilines is 1. The third-order valence-corrected chi connectivity index (χ3v) is 6.56. The summed E-state index contributed by atoms with van der Waals surface area (Å²) in [7, 11) is 0. The van der Waals surface area contributed by atoms with Crippen LogP contribution in [0.1, 0.15) is 49.5 Å². The standard InChI is InChI=1S/C27H30N2O3/c1-19(29-16-6-5-9-25(29)30)27(32)28-24-14-11-20(12-15-24)17-21-10-13-23(18-21)26(31)22-7-3-2-4-8-22/h2-9,11-12,14-16,19,21,23,26,31H,10,13,17-18H2,1H3,(H,28,32)/t19?,21-,23-,26+/m0/s1. The van der Waals surface area contributed by atoms with Gasteiger partial charge in [0, 0.05) is 18.0 Å². The number of carbonyl (C=O) groups excluding carboxylic acids is 1. The van der Waals surface area contributed by atoms with Crippen LogP contribution < -0.4 is 10.9 Å². The fourth-order valence-corrected chi connectivity index (χ4v) is 4.70. The minimum Gasteiger partial charge on any atom is -0.388 e. The molecule has 0 spiro atoms. The first-order valence-corrected chi connectivity index (χ1v) is 11.3. The number of benzene rings is 2. The summed E-state index contributed by atoms with van der Waals surface area (Å²) in [5.41, 5.74) is 2.76. The van der Waals surface area contributed by atoms with Crippen LogP contribution in [0, 0.1) is 11.8 Å². The highest BCUT2D eigenvalue weighted by Gasteiger charge is 2.30. The number of nitrogens with one attached hydrogen (secondary N) is 1. The molecular weight excluding hydrogens is 400 g/mol. The van der Waals surface area contributed by atoms with Crippen molar-refractivity contribution in [1.82, 2.24) is 4.57 Å². The molecule has 4 atom stereocenters. The zero-order valence-corrected chi connectivity index (χ0v) is 18.4. The Morgan fingerprint density at radius 3 is 2.47 bits per heavy atom. The van der Waals surface area contributed by atoms with E-state index in [-0.39, 0.29) is 11.5 Å². The van der Waals surface area contributed by atoms with Gasteiger partial charge < -0.3 is 15.0 Å². The van der Waals surface area contributed by atoms with Gasteiger partial charge >= 0.3 is 0 Å². The van der Waals surface area contributed by atoms with Gasteiger partial charge in [-0.2, -0.15) is 0 Å². The fourth-order valence-electron chi connectivity index (χ4n) is 4.70. The van der Waals surface area contributed by atoms with Crippen LogP contribution in [0.15, 0.2) is 83.8 Å². The van der Waals surface area contributed by atoms with Gasteiger partial charge in [0.15, 0.2) is 0 Å². The van der Waals surface area contributed by atoms with Crippen LogP contribution in [-0.4, -0.2) is 15.6 Å². The van der Waals surface area contributed by atoms with Crippen LogP contribution in [0.3, 0.4) is 0 Å². The van der Waals surface area contributed by atoms with Gasteiger partial charge in [-0.1, -0.05) is 48.5 Å². The quantitative estimate of drug-likeness (QED) is 0.569. The topological polar surface area (TPSA) is 71.3 Å². The summed E-state index contributed by atoms with van der Waals surface area (Å²) in [6.45, 7) is 1.71. The van der Waals surface area contributed by atoms with Crippen molar-refractivity contribution in [2.24, 2.45) is 11.8 Å². The third kappa shape index (κ3) is 5.17. The number of aromatic nitrogens is 1. The molecule has 0 saturated heterocycles. The monoisotopic (exact) mass is 430 g/mol. The van der Waals surface area contributed by atoms with Crippen LogP contribution in [0.2, 0.25) is 0 Å². The third-order valence-electron chi connectivity index (χ3n) is 6.56. The lowest BCUT2D eigenvalue weighted by Gasteiger charge is -2.19. The van der Waals surface area contributed by atoms with Gasteiger partial charge in [0.2, 0.25) is 5.91 Å². The van der Waals surface area contributed by atoms with E-state index in [1.807, 2.05) is 42.5 Å². The van der Waals surface area contributed by atoms with Crippen LogP contribution in [-0.2, 0) is 11.2 Å². The Labute approximate surface area is 188 Å². The summed E-state index contributed by atoms with van der Waals surface area (Å²) in [5.74, 6) is 0.646. The lowest BCUT2D eigenvalue weighted by atomic mass is 9.91. The summed E-state index contributed by atoms with van der Waals surface area (Å²) in [4.78, 5) is 24.5. The number of rotatable bonds is 7. The van der Waals surface area contributed by atoms with Gasteiger partial charge in [-0.3, -0.25) is 9.59 Å². The van der Waals surface area contributed by atoms with E-state index in [1.54, 1.807) is 25.3 Å². The molecule has 5 heteroatoms. The van der Waals surface area contributed by atoms with Crippen molar-refractivity contribution in [2.45, 2.75) is 44.8 Å². The Balaban J connectivity index is 1.31. The molecule has 1 unspecified atom stereocenters. The van der Waals surface area contributed by atoms with E-state index < -0.39 is 12.1 Å². The molecule has 0 radical (unpaired) electrons. The molecule has 3 aromatic rings. The van der Waals surface area contributed by atoms with Gasteiger partial charge in [0.05, 0.1) is 6.10 Å². The molecule has 1 fully saturated rings. The van der Waals surface area contributed by atoms with Gasteiger partial charge in [-0.05, 0) is 73.8 Å². The molecule has 32 heavy (non-hydrogen) atoms. The Morgan fingerprint density at radius 2 is 1.75 bits per heavy atom. The van der Waals surface area contributed by atoms with Crippen molar-refractivity contribution >= 4 is 11.6 Å². The predicted molar refractivity (Wildman–Crippen MR) is 126 cm³/mol. The van der Waals surface area contributed by atoms with Crippen molar-refractivity contribution in [2.75, 3.05) is 5.32 Å². The summed E-state index contributed by atoms with van der Waals surface area (Å²) >= 11 is 0. The molecule has 1 aromatic heterocycles. The second kappa shape index (κ2) is 9.96. The van der Waals surface area contributed by atoms with E-state index in [4.69, 9.17) is 0 Å². The van der Waals surface area contributed by atoms with E-state index >= 15 is 0 Å². The van der Waals surface area contributed by atoms with Gasteiger partial charge in [0.1, 0.15) is 6.04 Å². The average Bonchev–Trinajstić information content (AvgIpc) is 3.28. The van der Waals surface area contributed by atoms with E-state index in [9.17, 15) is 14.7 Å². The number of hydrogen-bond acceptors (Lipinski definition) is 3. The minimum absolute atomic E-state index is 0.197. The van der Waals surface area contributed by atoms with Crippen molar-refractivity contribution in [1.29, 1.82) is 0 Å². The zero-order valence-electron chi connectivity index (χ0n) is 18.4. The summed E-state index contributed by atoms with van der Waals surface area (Å²) in [6, 6.07) is 22.1. The second-order valence-electron chi connectivity index (χ2n) is 8.81. The van der Waals surface area contributed by atoms with Crippen LogP contribution >= 0.6 is 0 Å². The minimum atomic E-state index is -0.588. The largest absolute Gasteiger partial charge is 0.388 e. The van der Waals surface area contributed by atoms with E-state index in [0.29, 0.717) is 11.8 Å². The van der Waals surface area contributed by atoms with Crippen molar-refractivity contribution in [3.05, 3.63) is 100 Å². The van der Waals surface area contributed by atoms with Gasteiger partial charge in [-0.15, -0.1) is 0 Å². The van der Waals surface area contributed by atoms with Crippen molar-refractivity contribution in [3.63, 3.8) is 0 Å². The molecule has 1 aliphatic carbocycles. The first-order valence-electron chi connectivity index (χ1n) is 11.3. The van der Waals surface area contributed by atoms with Gasteiger partial charge in [-0.25, -0.2) is 0 Å². The lowest BCUT2D eigenvalue weighted by molar-refractivity contribution is -0.118. The van der Waals surface area contributed by atoms with E-state index in [2.05, 4.69) is 17.4 Å². The predicted octanol–water partition coefficient (Wildman–Crippen LogP) is 4.74. The fraction of sp³-hybridized carbons (Fsp3) is 0.333. The zero-order chi connectivity index (χ0) is 22.5. The molecule has 166 valence electrons. The highest BCUT2D eigenvalue weighted by Crippen LogP contribution is 2.40. The second-order valence-corrected chi connectivity index (χ2v) is 8.81. The number of carbonyl (C=O) groups is 1. The van der Waals surface area contributed by atoms with Crippen molar-refractivity contribution < 1.29 is 9.90 Å². The lowest BCUT2D eigenvalue weighted by Crippen LogP contribution is -2.30. The molecule has 4 rings (SSSR count). The first kappa shape index (κ1) is 22.0. The maximum Gasteiger partial charge on any atom is 0.251 e. The van der Waals surface area contributed by atoms with E-state index in [0.717, 1.165) is 36.9 Å². The highest BCUT2D eigenvalue weighted by atomic mass is 16.3. The van der Waals surface area contributed by atoms with Gasteiger partial charge in [0.25, 0.3) is 5.56 Å². The number of aliphatic hydroxyl groups is 1. The smallest absolute Gasteiger partial charge is 0.251 e. The van der Waals surface area contributed by atoms with Crippen LogP contribution in [0.5, 0.6) is 0 Å². The van der Waals surface area contributed by atoms with E-state index in [1.165, 1.54) is 16.2 Å². The molecule has 1 amide bonds. The molecule has 1 aliphatic rings. The van der Waals surface area contributed by atoms with Crippen LogP contribution in [0.25, 0.3) is 0 Å². The Hall–Kier alpha value is -3.18. The number of aliphatic hydroxyl groups excluding tert-OH is 1. The molecule has 2 N–H and O–H groups in total. The van der Waals surface area contributed by atoms with Crippen LogP contribution in [0.4, 0.5) is 5.69 Å². The maximum absolute atomic E-state index is 12.6. The summed E-state index contributed by atoms with van der Waals surface area (Å²) in [5, 5.41) is 13.6. The number of hydrogen-bond donors (Lipinski definition) is 2. The molecule has 5 nitrogen and oxygen atoms in total. The number of amides is 1. The summed E-state index contributed by atoms with van der Waals surface area (Å²) < 4.78 is 1.42.